The molecule has 2 amide bonds. The van der Waals surface area contributed by atoms with Gasteiger partial charge in [-0.25, -0.2) is 0 Å². The zero-order chi connectivity index (χ0) is 23.0. The van der Waals surface area contributed by atoms with Crippen LogP contribution in [-0.2, 0) is 14.3 Å². The molecule has 0 fully saturated rings. The zero-order valence-electron chi connectivity index (χ0n) is 18.4. The number of hydrogen-bond donors (Lipinski definition) is 1. The number of carbonyl (C=O) groups is 3. The van der Waals surface area contributed by atoms with Crippen LogP contribution in [-0.4, -0.2) is 42.4 Å². The van der Waals surface area contributed by atoms with Crippen LogP contribution in [0.15, 0.2) is 48.5 Å². The van der Waals surface area contributed by atoms with Crippen molar-refractivity contribution in [2.75, 3.05) is 25.0 Å². The van der Waals surface area contributed by atoms with Crippen molar-refractivity contribution in [2.45, 2.75) is 33.6 Å². The number of nitrogens with one attached hydrogen (secondary N) is 1. The molecule has 0 radical (unpaired) electrons. The van der Waals surface area contributed by atoms with Gasteiger partial charge in [0.1, 0.15) is 0 Å². The van der Waals surface area contributed by atoms with Crippen LogP contribution in [0.1, 0.15) is 49.5 Å². The Balaban J connectivity index is 1.94. The third-order valence-electron chi connectivity index (χ3n) is 4.96. The van der Waals surface area contributed by atoms with Gasteiger partial charge in [-0.2, -0.15) is 0 Å². The van der Waals surface area contributed by atoms with E-state index >= 15 is 0 Å². The molecule has 2 aromatic carbocycles. The summed E-state index contributed by atoms with van der Waals surface area (Å²) in [7, 11) is 0. The molecule has 1 N–H and O–H groups in total. The fourth-order valence-corrected chi connectivity index (χ4v) is 3.40. The molecule has 0 aromatic heterocycles. The molecule has 166 valence electrons. The molecule has 0 aliphatic heterocycles. The van der Waals surface area contributed by atoms with E-state index in [2.05, 4.69) is 5.32 Å². The van der Waals surface area contributed by atoms with Crippen LogP contribution in [0.3, 0.4) is 0 Å². The normalized spacial score (nSPS) is 11.7. The first-order valence-electron chi connectivity index (χ1n) is 10.4. The van der Waals surface area contributed by atoms with Crippen molar-refractivity contribution >= 4 is 35.1 Å². The molecular formula is C24H29ClN2O4. The number of carbonyl (C=O) groups excluding carboxylic acids is 3. The van der Waals surface area contributed by atoms with Gasteiger partial charge >= 0.3 is 5.97 Å². The quantitative estimate of drug-likeness (QED) is 0.566. The lowest BCUT2D eigenvalue weighted by Gasteiger charge is -2.20. The van der Waals surface area contributed by atoms with E-state index in [1.54, 1.807) is 53.4 Å². The van der Waals surface area contributed by atoms with Gasteiger partial charge in [-0.15, -0.1) is 0 Å². The summed E-state index contributed by atoms with van der Waals surface area (Å²) in [6.45, 7) is 8.56. The summed E-state index contributed by atoms with van der Waals surface area (Å²) < 4.78 is 5.26. The molecule has 0 heterocycles. The van der Waals surface area contributed by atoms with Crippen molar-refractivity contribution < 1.29 is 19.1 Å². The number of hydrogen-bond acceptors (Lipinski definition) is 4. The Morgan fingerprint density at radius 2 is 1.55 bits per heavy atom. The molecule has 0 saturated carbocycles. The third-order valence-corrected chi connectivity index (χ3v) is 5.21. The number of nitrogens with zero attached hydrogens (tertiary/aromatic N) is 1. The van der Waals surface area contributed by atoms with Crippen molar-refractivity contribution in [1.29, 1.82) is 0 Å². The Bertz CT molecular complexity index is 891. The van der Waals surface area contributed by atoms with Crippen LogP contribution in [0.25, 0.3) is 0 Å². The van der Waals surface area contributed by atoms with Gasteiger partial charge < -0.3 is 15.0 Å². The minimum Gasteiger partial charge on any atom is -0.455 e. The third kappa shape index (κ3) is 6.82. The maximum absolute atomic E-state index is 12.6. The van der Waals surface area contributed by atoms with Gasteiger partial charge in [0.15, 0.2) is 6.61 Å². The topological polar surface area (TPSA) is 75.7 Å². The summed E-state index contributed by atoms with van der Waals surface area (Å²) in [5.74, 6) is -1.47. The molecule has 0 bridgehead atoms. The van der Waals surface area contributed by atoms with E-state index in [1.165, 1.54) is 0 Å². The van der Waals surface area contributed by atoms with Gasteiger partial charge in [-0.05, 0) is 61.7 Å². The highest BCUT2D eigenvalue weighted by atomic mass is 35.5. The molecule has 1 atom stereocenters. The van der Waals surface area contributed by atoms with E-state index in [1.807, 2.05) is 27.7 Å². The lowest BCUT2D eigenvalue weighted by Crippen LogP contribution is -2.30. The first kappa shape index (κ1) is 24.4. The smallest absolute Gasteiger partial charge is 0.314 e. The van der Waals surface area contributed by atoms with E-state index in [4.69, 9.17) is 16.3 Å². The fraction of sp³-hybridized carbons (Fsp3) is 0.375. The monoisotopic (exact) mass is 444 g/mol. The lowest BCUT2D eigenvalue weighted by atomic mass is 9.88. The van der Waals surface area contributed by atoms with Crippen molar-refractivity contribution in [3.05, 3.63) is 64.7 Å². The molecule has 0 aliphatic rings. The Morgan fingerprint density at radius 3 is 2.06 bits per heavy atom. The number of anilines is 1. The highest BCUT2D eigenvalue weighted by Gasteiger charge is 2.26. The molecule has 2 aromatic rings. The predicted molar refractivity (Wildman–Crippen MR) is 122 cm³/mol. The molecule has 0 saturated heterocycles. The number of esters is 1. The molecule has 0 aliphatic carbocycles. The number of ether oxygens (including phenoxy) is 1. The van der Waals surface area contributed by atoms with E-state index in [9.17, 15) is 14.4 Å². The average Bonchev–Trinajstić information content (AvgIpc) is 2.75. The second-order valence-electron chi connectivity index (χ2n) is 7.48. The second-order valence-corrected chi connectivity index (χ2v) is 7.92. The number of benzene rings is 2. The fourth-order valence-electron chi connectivity index (χ4n) is 3.28. The van der Waals surface area contributed by atoms with Gasteiger partial charge in [-0.3, -0.25) is 14.4 Å². The van der Waals surface area contributed by atoms with E-state index in [0.29, 0.717) is 29.4 Å². The van der Waals surface area contributed by atoms with Crippen LogP contribution in [0, 0.1) is 5.92 Å². The maximum Gasteiger partial charge on any atom is 0.314 e. The average molecular weight is 445 g/mol. The lowest BCUT2D eigenvalue weighted by molar-refractivity contribution is -0.149. The van der Waals surface area contributed by atoms with Crippen molar-refractivity contribution in [3.63, 3.8) is 0 Å². The summed E-state index contributed by atoms with van der Waals surface area (Å²) in [4.78, 5) is 38.9. The Labute approximate surface area is 188 Å². The molecule has 6 nitrogen and oxygen atoms in total. The zero-order valence-corrected chi connectivity index (χ0v) is 19.1. The highest BCUT2D eigenvalue weighted by Crippen LogP contribution is 2.27. The first-order valence-corrected chi connectivity index (χ1v) is 10.8. The van der Waals surface area contributed by atoms with Gasteiger partial charge in [0.2, 0.25) is 0 Å². The molecule has 31 heavy (non-hydrogen) atoms. The van der Waals surface area contributed by atoms with Crippen molar-refractivity contribution in [1.82, 2.24) is 4.90 Å². The number of halogens is 1. The molecule has 2 rings (SSSR count). The van der Waals surface area contributed by atoms with Crippen LogP contribution in [0.5, 0.6) is 0 Å². The Morgan fingerprint density at radius 1 is 0.968 bits per heavy atom. The Hall–Kier alpha value is -2.86. The van der Waals surface area contributed by atoms with Gasteiger partial charge in [0.05, 0.1) is 5.92 Å². The summed E-state index contributed by atoms with van der Waals surface area (Å²) in [6.07, 6.45) is 0. The summed E-state index contributed by atoms with van der Waals surface area (Å²) >= 11 is 5.92. The summed E-state index contributed by atoms with van der Waals surface area (Å²) in [5, 5.41) is 3.26. The van der Waals surface area contributed by atoms with Crippen LogP contribution in [0.4, 0.5) is 5.69 Å². The van der Waals surface area contributed by atoms with E-state index < -0.39 is 24.4 Å². The predicted octanol–water partition coefficient (Wildman–Crippen LogP) is 4.74. The van der Waals surface area contributed by atoms with Gasteiger partial charge in [0, 0.05) is 29.4 Å². The number of rotatable bonds is 9. The summed E-state index contributed by atoms with van der Waals surface area (Å²) in [6, 6.07) is 13.7. The molecule has 1 unspecified atom stereocenters. The number of amides is 2. The van der Waals surface area contributed by atoms with E-state index in [-0.39, 0.29) is 11.8 Å². The Kier molecular flexibility index (Phi) is 9.06. The van der Waals surface area contributed by atoms with Crippen molar-refractivity contribution in [2.24, 2.45) is 5.92 Å². The maximum atomic E-state index is 12.6. The van der Waals surface area contributed by atoms with Crippen LogP contribution < -0.4 is 5.32 Å². The van der Waals surface area contributed by atoms with Gasteiger partial charge in [-0.1, -0.05) is 37.6 Å². The van der Waals surface area contributed by atoms with Crippen LogP contribution >= 0.6 is 11.6 Å². The highest BCUT2D eigenvalue weighted by molar-refractivity contribution is 6.30. The molecule has 7 heteroatoms. The van der Waals surface area contributed by atoms with Crippen LogP contribution in [0.2, 0.25) is 5.02 Å². The SMILES string of the molecule is CCN(CC)C(=O)c1ccc(NC(=O)COC(=O)C(c2ccc(Cl)cc2)C(C)C)cc1. The molecular weight excluding hydrogens is 416 g/mol. The minimum atomic E-state index is -0.490. The van der Waals surface area contributed by atoms with Gasteiger partial charge in [0.25, 0.3) is 11.8 Å². The minimum absolute atomic E-state index is 0.00683. The molecule has 0 spiro atoms. The standard InChI is InChI=1S/C24H29ClN2O4/c1-5-27(6-2)23(29)18-9-13-20(14-10-18)26-21(28)15-31-24(30)22(16(3)4)17-7-11-19(25)12-8-17/h7-14,16,22H,5-6,15H2,1-4H3,(H,26,28). The second kappa shape index (κ2) is 11.5. The van der Waals surface area contributed by atoms with Crippen molar-refractivity contribution in [3.8, 4) is 0 Å². The first-order chi connectivity index (χ1) is 14.8. The van der Waals surface area contributed by atoms with E-state index in [0.717, 1.165) is 5.56 Å². The summed E-state index contributed by atoms with van der Waals surface area (Å²) in [5.41, 5.74) is 1.87. The largest absolute Gasteiger partial charge is 0.455 e.